The third-order valence-electron chi connectivity index (χ3n) is 1.55. The van der Waals surface area contributed by atoms with Gasteiger partial charge in [-0.05, 0) is 13.3 Å². The van der Waals surface area contributed by atoms with Crippen molar-refractivity contribution in [2.45, 2.75) is 26.7 Å². The minimum absolute atomic E-state index is 0.326. The van der Waals surface area contributed by atoms with E-state index in [1.165, 1.54) is 6.92 Å². The summed E-state index contributed by atoms with van der Waals surface area (Å²) in [4.78, 5) is 12.6. The van der Waals surface area contributed by atoms with Gasteiger partial charge in [0.1, 0.15) is 0 Å². The van der Waals surface area contributed by atoms with Gasteiger partial charge in [0.25, 0.3) is 0 Å². The van der Waals surface area contributed by atoms with Gasteiger partial charge in [-0.2, -0.15) is 5.26 Å². The first-order valence-corrected chi connectivity index (χ1v) is 3.84. The zero-order valence-electron chi connectivity index (χ0n) is 7.13. The summed E-state index contributed by atoms with van der Waals surface area (Å²) < 4.78 is 0. The minimum atomic E-state index is 0.326. The zero-order valence-corrected chi connectivity index (χ0v) is 7.13. The molecule has 1 amide bonds. The van der Waals surface area contributed by atoms with Gasteiger partial charge in [-0.25, -0.2) is 0 Å². The Balaban J connectivity index is 0.000000292. The van der Waals surface area contributed by atoms with E-state index in [2.05, 4.69) is 0 Å². The Kier molecular flexibility index (Phi) is 5.18. The predicted molar refractivity (Wildman–Crippen MR) is 42.8 cm³/mol. The number of amides is 1. The third kappa shape index (κ3) is 3.61. The van der Waals surface area contributed by atoms with E-state index in [9.17, 15) is 4.79 Å². The summed E-state index contributed by atoms with van der Waals surface area (Å²) in [6, 6.07) is 1.75. The molecule has 0 bridgehead atoms. The largest absolute Gasteiger partial charge is 0.343 e. The van der Waals surface area contributed by atoms with Gasteiger partial charge in [0.05, 0.1) is 6.07 Å². The quantitative estimate of drug-likeness (QED) is 0.568. The van der Waals surface area contributed by atoms with Gasteiger partial charge in [-0.15, -0.1) is 0 Å². The molecule has 0 aromatic carbocycles. The average Bonchev–Trinajstić information content (AvgIpc) is 2.36. The van der Waals surface area contributed by atoms with Crippen molar-refractivity contribution in [3.8, 4) is 6.07 Å². The summed E-state index contributed by atoms with van der Waals surface area (Å²) in [6.07, 6.45) is 1.83. The molecule has 0 atom stereocenters. The molecule has 11 heavy (non-hydrogen) atoms. The van der Waals surface area contributed by atoms with Gasteiger partial charge in [0.2, 0.25) is 5.91 Å². The fourth-order valence-corrected chi connectivity index (χ4v) is 1.04. The molecule has 0 saturated carbocycles. The van der Waals surface area contributed by atoms with E-state index in [1.807, 2.05) is 11.8 Å². The first kappa shape index (κ1) is 9.96. The smallest absolute Gasteiger partial charge is 0.222 e. The van der Waals surface area contributed by atoms with E-state index in [0.29, 0.717) is 5.91 Å². The molecule has 0 spiro atoms. The third-order valence-corrected chi connectivity index (χ3v) is 1.55. The summed E-state index contributed by atoms with van der Waals surface area (Å²) in [7, 11) is 0. The topological polar surface area (TPSA) is 44.1 Å². The minimum Gasteiger partial charge on any atom is -0.343 e. The molecular weight excluding hydrogens is 140 g/mol. The van der Waals surface area contributed by atoms with Crippen LogP contribution in [-0.4, -0.2) is 23.9 Å². The van der Waals surface area contributed by atoms with E-state index in [4.69, 9.17) is 5.26 Å². The van der Waals surface area contributed by atoms with Crippen molar-refractivity contribution in [3.05, 3.63) is 0 Å². The van der Waals surface area contributed by atoms with E-state index in [1.54, 1.807) is 6.07 Å². The van der Waals surface area contributed by atoms with Crippen molar-refractivity contribution in [1.82, 2.24) is 4.90 Å². The Morgan fingerprint density at radius 2 is 2.27 bits per heavy atom. The van der Waals surface area contributed by atoms with Crippen molar-refractivity contribution in [3.63, 3.8) is 0 Å². The van der Waals surface area contributed by atoms with E-state index in [0.717, 1.165) is 25.9 Å². The molecule has 0 radical (unpaired) electrons. The van der Waals surface area contributed by atoms with Crippen LogP contribution in [0.3, 0.4) is 0 Å². The lowest BCUT2D eigenvalue weighted by atomic mass is 10.4. The Hall–Kier alpha value is -1.04. The van der Waals surface area contributed by atoms with Crippen molar-refractivity contribution in [2.75, 3.05) is 13.1 Å². The second kappa shape index (κ2) is 5.72. The molecule has 0 aromatic heterocycles. The first-order chi connectivity index (χ1) is 5.26. The van der Waals surface area contributed by atoms with Crippen molar-refractivity contribution < 1.29 is 4.79 Å². The molecule has 1 rings (SSSR count). The number of likely N-dealkylation sites (tertiary alicyclic amines) is 1. The number of nitrogens with zero attached hydrogens (tertiary/aromatic N) is 2. The Labute approximate surface area is 67.6 Å². The number of carbonyl (C=O) groups is 1. The molecule has 0 unspecified atom stereocenters. The van der Waals surface area contributed by atoms with Gasteiger partial charge in [-0.1, -0.05) is 0 Å². The number of carbonyl (C=O) groups excluding carboxylic acids is 1. The van der Waals surface area contributed by atoms with Crippen LogP contribution in [0.25, 0.3) is 0 Å². The standard InChI is InChI=1S/C6H11NO.C2H3N/c1-2-7-5-3-4-6(7)8;1-2-3/h2-5H2,1H3;1H3. The summed E-state index contributed by atoms with van der Waals surface area (Å²) >= 11 is 0. The van der Waals surface area contributed by atoms with Gasteiger partial charge < -0.3 is 4.90 Å². The van der Waals surface area contributed by atoms with Gasteiger partial charge >= 0.3 is 0 Å². The Morgan fingerprint density at radius 3 is 2.45 bits per heavy atom. The maximum absolute atomic E-state index is 10.7. The Bertz CT molecular complexity index is 160. The predicted octanol–water partition coefficient (Wildman–Crippen LogP) is 1.16. The second-order valence-electron chi connectivity index (χ2n) is 2.30. The maximum atomic E-state index is 10.7. The number of nitriles is 1. The maximum Gasteiger partial charge on any atom is 0.222 e. The lowest BCUT2D eigenvalue weighted by Crippen LogP contribution is -2.23. The number of rotatable bonds is 1. The van der Waals surface area contributed by atoms with Gasteiger partial charge in [0, 0.05) is 26.4 Å². The average molecular weight is 154 g/mol. The van der Waals surface area contributed by atoms with Crippen LogP contribution in [0.15, 0.2) is 0 Å². The molecule has 1 fully saturated rings. The second-order valence-corrected chi connectivity index (χ2v) is 2.30. The summed E-state index contributed by atoms with van der Waals surface area (Å²) in [5, 5.41) is 7.32. The van der Waals surface area contributed by atoms with Crippen LogP contribution in [0.2, 0.25) is 0 Å². The lowest BCUT2D eigenvalue weighted by molar-refractivity contribution is -0.127. The van der Waals surface area contributed by atoms with Crippen LogP contribution in [0.5, 0.6) is 0 Å². The zero-order chi connectivity index (χ0) is 8.69. The molecule has 1 heterocycles. The molecule has 3 heteroatoms. The summed E-state index contributed by atoms with van der Waals surface area (Å²) in [6.45, 7) is 5.32. The van der Waals surface area contributed by atoms with Crippen LogP contribution in [0, 0.1) is 11.3 Å². The van der Waals surface area contributed by atoms with Crippen molar-refractivity contribution >= 4 is 5.91 Å². The molecular formula is C8H14N2O. The van der Waals surface area contributed by atoms with Crippen molar-refractivity contribution in [2.24, 2.45) is 0 Å². The molecule has 3 nitrogen and oxygen atoms in total. The van der Waals surface area contributed by atoms with Crippen LogP contribution < -0.4 is 0 Å². The molecule has 0 aliphatic carbocycles. The molecule has 1 aliphatic heterocycles. The lowest BCUT2D eigenvalue weighted by Gasteiger charge is -2.10. The molecule has 1 saturated heterocycles. The Morgan fingerprint density at radius 1 is 1.73 bits per heavy atom. The summed E-state index contributed by atoms with van der Waals surface area (Å²) in [5.74, 6) is 0.326. The molecule has 62 valence electrons. The van der Waals surface area contributed by atoms with Gasteiger partial charge in [-0.3, -0.25) is 4.79 Å². The van der Waals surface area contributed by atoms with Crippen LogP contribution in [0.4, 0.5) is 0 Å². The fourth-order valence-electron chi connectivity index (χ4n) is 1.04. The molecule has 0 N–H and O–H groups in total. The van der Waals surface area contributed by atoms with E-state index >= 15 is 0 Å². The van der Waals surface area contributed by atoms with E-state index in [-0.39, 0.29) is 0 Å². The normalized spacial score (nSPS) is 15.4. The monoisotopic (exact) mass is 154 g/mol. The number of hydrogen-bond donors (Lipinski definition) is 0. The highest BCUT2D eigenvalue weighted by molar-refractivity contribution is 5.77. The fraction of sp³-hybridized carbons (Fsp3) is 0.750. The molecule has 0 aromatic rings. The highest BCUT2D eigenvalue weighted by Gasteiger charge is 2.16. The summed E-state index contributed by atoms with van der Waals surface area (Å²) in [5.41, 5.74) is 0. The highest BCUT2D eigenvalue weighted by Crippen LogP contribution is 2.07. The van der Waals surface area contributed by atoms with Crippen LogP contribution >= 0.6 is 0 Å². The SMILES string of the molecule is CC#N.CCN1CCCC1=O. The highest BCUT2D eigenvalue weighted by atomic mass is 16.2. The first-order valence-electron chi connectivity index (χ1n) is 3.84. The van der Waals surface area contributed by atoms with E-state index < -0.39 is 0 Å². The molecule has 1 aliphatic rings. The number of hydrogen-bond acceptors (Lipinski definition) is 2. The van der Waals surface area contributed by atoms with Crippen LogP contribution in [-0.2, 0) is 4.79 Å². The van der Waals surface area contributed by atoms with Gasteiger partial charge in [0.15, 0.2) is 0 Å². The van der Waals surface area contributed by atoms with Crippen LogP contribution in [0.1, 0.15) is 26.7 Å². The van der Waals surface area contributed by atoms with Crippen molar-refractivity contribution in [1.29, 1.82) is 5.26 Å².